The molecule has 1 fully saturated rings. The Labute approximate surface area is 102 Å². The minimum atomic E-state index is -0.674. The number of aliphatic carboxylic acids is 1. The van der Waals surface area contributed by atoms with Crippen LogP contribution in [0.25, 0.3) is 5.57 Å². The molecule has 0 heterocycles. The minimum Gasteiger partial charge on any atom is -0.481 e. The molecule has 1 aliphatic rings. The maximum absolute atomic E-state index is 11.3. The van der Waals surface area contributed by atoms with E-state index in [2.05, 4.69) is 6.58 Å². The molecule has 2 atom stereocenters. The molecule has 2 heteroatoms. The van der Waals surface area contributed by atoms with Gasteiger partial charge in [-0.3, -0.25) is 4.79 Å². The molecule has 17 heavy (non-hydrogen) atoms. The Bertz CT molecular complexity index is 408. The van der Waals surface area contributed by atoms with E-state index in [1.807, 2.05) is 30.3 Å². The SMILES string of the molecule is C=C(c1ccccc1)[C@H]1CCCC[C@H]1C(=O)O. The summed E-state index contributed by atoms with van der Waals surface area (Å²) in [4.78, 5) is 11.3. The maximum atomic E-state index is 11.3. The van der Waals surface area contributed by atoms with Gasteiger partial charge in [0.1, 0.15) is 0 Å². The molecule has 2 nitrogen and oxygen atoms in total. The van der Waals surface area contributed by atoms with E-state index in [1.165, 1.54) is 0 Å². The van der Waals surface area contributed by atoms with Crippen LogP contribution >= 0.6 is 0 Å². The van der Waals surface area contributed by atoms with Crippen LogP contribution < -0.4 is 0 Å². The number of benzene rings is 1. The molecule has 0 aromatic heterocycles. The van der Waals surface area contributed by atoms with Crippen molar-refractivity contribution < 1.29 is 9.90 Å². The molecule has 2 rings (SSSR count). The summed E-state index contributed by atoms with van der Waals surface area (Å²) in [5.74, 6) is -0.827. The quantitative estimate of drug-likeness (QED) is 0.861. The van der Waals surface area contributed by atoms with Crippen molar-refractivity contribution in [2.45, 2.75) is 25.7 Å². The van der Waals surface area contributed by atoms with Gasteiger partial charge in [0.2, 0.25) is 0 Å². The van der Waals surface area contributed by atoms with Gasteiger partial charge in [0.15, 0.2) is 0 Å². The molecule has 0 radical (unpaired) electrons. The highest BCUT2D eigenvalue weighted by molar-refractivity contribution is 5.76. The predicted octanol–water partition coefficient (Wildman–Crippen LogP) is 3.59. The Balaban J connectivity index is 2.20. The normalized spacial score (nSPS) is 24.2. The van der Waals surface area contributed by atoms with Crippen molar-refractivity contribution in [3.63, 3.8) is 0 Å². The molecule has 0 amide bonds. The Morgan fingerprint density at radius 3 is 2.29 bits per heavy atom. The van der Waals surface area contributed by atoms with E-state index < -0.39 is 5.97 Å². The van der Waals surface area contributed by atoms with Crippen molar-refractivity contribution >= 4 is 11.5 Å². The highest BCUT2D eigenvalue weighted by Gasteiger charge is 2.32. The average molecular weight is 230 g/mol. The highest BCUT2D eigenvalue weighted by atomic mass is 16.4. The van der Waals surface area contributed by atoms with Crippen LogP contribution in [0.5, 0.6) is 0 Å². The molecule has 1 N–H and O–H groups in total. The Kier molecular flexibility index (Phi) is 3.62. The fourth-order valence-corrected chi connectivity index (χ4v) is 2.71. The highest BCUT2D eigenvalue weighted by Crippen LogP contribution is 2.38. The third-order valence-corrected chi connectivity index (χ3v) is 3.68. The second-order valence-electron chi connectivity index (χ2n) is 4.73. The van der Waals surface area contributed by atoms with Gasteiger partial charge in [-0.2, -0.15) is 0 Å². The molecular weight excluding hydrogens is 212 g/mol. The van der Waals surface area contributed by atoms with Crippen LogP contribution in [0.3, 0.4) is 0 Å². The summed E-state index contributed by atoms with van der Waals surface area (Å²) >= 11 is 0. The van der Waals surface area contributed by atoms with Gasteiger partial charge in [0, 0.05) is 0 Å². The third kappa shape index (κ3) is 2.57. The molecule has 90 valence electrons. The van der Waals surface area contributed by atoms with Crippen LogP contribution in [0.15, 0.2) is 36.9 Å². The zero-order chi connectivity index (χ0) is 12.3. The van der Waals surface area contributed by atoms with Crippen molar-refractivity contribution in [2.24, 2.45) is 11.8 Å². The van der Waals surface area contributed by atoms with Gasteiger partial charge in [-0.1, -0.05) is 49.8 Å². The van der Waals surface area contributed by atoms with Crippen molar-refractivity contribution in [1.82, 2.24) is 0 Å². The van der Waals surface area contributed by atoms with E-state index in [1.54, 1.807) is 0 Å². The number of allylic oxidation sites excluding steroid dienone is 1. The molecule has 0 aliphatic heterocycles. The number of carbonyl (C=O) groups is 1. The van der Waals surface area contributed by atoms with E-state index in [9.17, 15) is 9.90 Å². The van der Waals surface area contributed by atoms with Crippen molar-refractivity contribution in [3.8, 4) is 0 Å². The van der Waals surface area contributed by atoms with Crippen LogP contribution in [0.4, 0.5) is 0 Å². The van der Waals surface area contributed by atoms with Crippen LogP contribution in [0.2, 0.25) is 0 Å². The van der Waals surface area contributed by atoms with Crippen LogP contribution in [-0.4, -0.2) is 11.1 Å². The summed E-state index contributed by atoms with van der Waals surface area (Å²) in [7, 11) is 0. The summed E-state index contributed by atoms with van der Waals surface area (Å²) in [6.07, 6.45) is 3.87. The molecule has 0 spiro atoms. The Morgan fingerprint density at radius 2 is 1.71 bits per heavy atom. The molecule has 0 unspecified atom stereocenters. The summed E-state index contributed by atoms with van der Waals surface area (Å²) in [5, 5.41) is 9.26. The van der Waals surface area contributed by atoms with Crippen LogP contribution in [0, 0.1) is 11.8 Å². The van der Waals surface area contributed by atoms with Gasteiger partial charge < -0.3 is 5.11 Å². The van der Waals surface area contributed by atoms with Gasteiger partial charge in [-0.05, 0) is 29.9 Å². The van der Waals surface area contributed by atoms with E-state index in [4.69, 9.17) is 0 Å². The zero-order valence-electron chi connectivity index (χ0n) is 9.93. The number of rotatable bonds is 3. The van der Waals surface area contributed by atoms with Crippen LogP contribution in [-0.2, 0) is 4.79 Å². The fourth-order valence-electron chi connectivity index (χ4n) is 2.71. The second-order valence-corrected chi connectivity index (χ2v) is 4.73. The first-order valence-corrected chi connectivity index (χ1v) is 6.17. The summed E-state index contributed by atoms with van der Waals surface area (Å²) in [6, 6.07) is 9.93. The monoisotopic (exact) mass is 230 g/mol. The Hall–Kier alpha value is -1.57. The molecular formula is C15H18O2. The van der Waals surface area contributed by atoms with Gasteiger partial charge in [-0.25, -0.2) is 0 Å². The topological polar surface area (TPSA) is 37.3 Å². The van der Waals surface area contributed by atoms with Crippen molar-refractivity contribution in [1.29, 1.82) is 0 Å². The lowest BCUT2D eigenvalue weighted by molar-refractivity contribution is -0.143. The molecule has 0 bridgehead atoms. The number of hydrogen-bond acceptors (Lipinski definition) is 1. The molecule has 1 saturated carbocycles. The predicted molar refractivity (Wildman–Crippen MR) is 68.6 cm³/mol. The lowest BCUT2D eigenvalue weighted by Crippen LogP contribution is -2.27. The van der Waals surface area contributed by atoms with E-state index >= 15 is 0 Å². The largest absolute Gasteiger partial charge is 0.481 e. The first kappa shape index (κ1) is 11.9. The molecule has 1 aromatic carbocycles. The van der Waals surface area contributed by atoms with Crippen molar-refractivity contribution in [2.75, 3.05) is 0 Å². The average Bonchev–Trinajstić information content (AvgIpc) is 2.39. The molecule has 0 saturated heterocycles. The van der Waals surface area contributed by atoms with E-state index in [0.29, 0.717) is 0 Å². The zero-order valence-corrected chi connectivity index (χ0v) is 9.93. The number of hydrogen-bond donors (Lipinski definition) is 1. The van der Waals surface area contributed by atoms with Crippen LogP contribution in [0.1, 0.15) is 31.2 Å². The third-order valence-electron chi connectivity index (χ3n) is 3.68. The molecule has 1 aliphatic carbocycles. The fraction of sp³-hybridized carbons (Fsp3) is 0.400. The summed E-state index contributed by atoms with van der Waals surface area (Å²) in [6.45, 7) is 4.12. The standard InChI is InChI=1S/C15H18O2/c1-11(12-7-3-2-4-8-12)13-9-5-6-10-14(13)15(16)17/h2-4,7-8,13-14H,1,5-6,9-10H2,(H,16,17)/t13-,14-/m1/s1. The first-order chi connectivity index (χ1) is 8.20. The molecule has 1 aromatic rings. The lowest BCUT2D eigenvalue weighted by Gasteiger charge is -2.30. The van der Waals surface area contributed by atoms with Gasteiger partial charge in [0.25, 0.3) is 0 Å². The lowest BCUT2D eigenvalue weighted by atomic mass is 9.74. The van der Waals surface area contributed by atoms with E-state index in [-0.39, 0.29) is 11.8 Å². The van der Waals surface area contributed by atoms with Crippen molar-refractivity contribution in [3.05, 3.63) is 42.5 Å². The maximum Gasteiger partial charge on any atom is 0.307 e. The van der Waals surface area contributed by atoms with Gasteiger partial charge in [-0.15, -0.1) is 0 Å². The number of carboxylic acid groups (broad SMARTS) is 1. The summed E-state index contributed by atoms with van der Waals surface area (Å²) in [5.41, 5.74) is 2.06. The smallest absolute Gasteiger partial charge is 0.307 e. The number of carboxylic acids is 1. The van der Waals surface area contributed by atoms with Gasteiger partial charge in [0.05, 0.1) is 5.92 Å². The van der Waals surface area contributed by atoms with Gasteiger partial charge >= 0.3 is 5.97 Å². The first-order valence-electron chi connectivity index (χ1n) is 6.17. The van der Waals surface area contributed by atoms with E-state index in [0.717, 1.165) is 36.8 Å². The second kappa shape index (κ2) is 5.17. The Morgan fingerprint density at radius 1 is 1.12 bits per heavy atom. The minimum absolute atomic E-state index is 0.101. The summed E-state index contributed by atoms with van der Waals surface area (Å²) < 4.78 is 0.